The molecule has 7 heteroatoms. The van der Waals surface area contributed by atoms with Gasteiger partial charge in [-0.15, -0.1) is 0 Å². The van der Waals surface area contributed by atoms with Crippen LogP contribution in [0.1, 0.15) is 13.8 Å². The number of anilines is 1. The molecular weight excluding hydrogens is 336 g/mol. The van der Waals surface area contributed by atoms with Crippen LogP contribution in [0.4, 0.5) is 11.4 Å². The standard InChI is InChI=1S/C19H20N2O5/c1-13(2)12-25-16-8-6-7-15(11-16)20-19(22)14(3)26-18-10-5-4-9-17(18)21(23)24/h4-11,14H,1,12H2,2-3H3,(H,20,22). The van der Waals surface area contributed by atoms with E-state index < -0.39 is 16.9 Å². The molecule has 0 aliphatic heterocycles. The molecule has 136 valence electrons. The highest BCUT2D eigenvalue weighted by Crippen LogP contribution is 2.27. The van der Waals surface area contributed by atoms with Crippen LogP contribution in [0.25, 0.3) is 0 Å². The number of carbonyl (C=O) groups excluding carboxylic acids is 1. The van der Waals surface area contributed by atoms with Crippen LogP contribution in [-0.4, -0.2) is 23.5 Å². The molecule has 1 atom stereocenters. The number of ether oxygens (including phenoxy) is 2. The van der Waals surface area contributed by atoms with Crippen molar-refractivity contribution in [1.29, 1.82) is 0 Å². The minimum atomic E-state index is -0.920. The summed E-state index contributed by atoms with van der Waals surface area (Å²) in [6, 6.07) is 12.8. The van der Waals surface area contributed by atoms with Gasteiger partial charge in [0.05, 0.1) is 4.92 Å². The smallest absolute Gasteiger partial charge is 0.310 e. The number of nitro groups is 1. The number of amides is 1. The second-order valence-corrected chi connectivity index (χ2v) is 5.75. The van der Waals surface area contributed by atoms with Crippen molar-refractivity contribution in [1.82, 2.24) is 0 Å². The van der Waals surface area contributed by atoms with Crippen molar-refractivity contribution in [2.75, 3.05) is 11.9 Å². The Balaban J connectivity index is 2.02. The fraction of sp³-hybridized carbons (Fsp3) is 0.211. The fourth-order valence-electron chi connectivity index (χ4n) is 2.07. The molecule has 0 heterocycles. The lowest BCUT2D eigenvalue weighted by Crippen LogP contribution is -2.30. The molecule has 0 bridgehead atoms. The summed E-state index contributed by atoms with van der Waals surface area (Å²) in [5.41, 5.74) is 1.22. The molecule has 0 aliphatic rings. The van der Waals surface area contributed by atoms with E-state index in [1.807, 2.05) is 6.92 Å². The summed E-state index contributed by atoms with van der Waals surface area (Å²) in [5, 5.41) is 13.7. The van der Waals surface area contributed by atoms with Crippen LogP contribution >= 0.6 is 0 Å². The van der Waals surface area contributed by atoms with Gasteiger partial charge in [-0.2, -0.15) is 0 Å². The van der Waals surface area contributed by atoms with Crippen LogP contribution in [-0.2, 0) is 4.79 Å². The fourth-order valence-corrected chi connectivity index (χ4v) is 2.07. The van der Waals surface area contributed by atoms with Crippen molar-refractivity contribution in [3.05, 3.63) is 70.8 Å². The van der Waals surface area contributed by atoms with Crippen LogP contribution < -0.4 is 14.8 Å². The number of hydrogen-bond acceptors (Lipinski definition) is 5. The number of nitro benzene ring substituents is 1. The monoisotopic (exact) mass is 356 g/mol. The van der Waals surface area contributed by atoms with E-state index in [4.69, 9.17) is 9.47 Å². The maximum atomic E-state index is 12.3. The first-order valence-electron chi connectivity index (χ1n) is 7.95. The summed E-state index contributed by atoms with van der Waals surface area (Å²) >= 11 is 0. The Morgan fingerprint density at radius 3 is 2.69 bits per heavy atom. The molecule has 0 fully saturated rings. The number of nitrogens with one attached hydrogen (secondary N) is 1. The van der Waals surface area contributed by atoms with Gasteiger partial charge in [0, 0.05) is 17.8 Å². The lowest BCUT2D eigenvalue weighted by Gasteiger charge is -2.15. The Morgan fingerprint density at radius 2 is 2.00 bits per heavy atom. The number of para-hydroxylation sites is 2. The van der Waals surface area contributed by atoms with Gasteiger partial charge in [-0.05, 0) is 37.6 Å². The van der Waals surface area contributed by atoms with E-state index >= 15 is 0 Å². The van der Waals surface area contributed by atoms with E-state index in [0.29, 0.717) is 18.0 Å². The average molecular weight is 356 g/mol. The third kappa shape index (κ3) is 5.34. The summed E-state index contributed by atoms with van der Waals surface area (Å²) in [4.78, 5) is 22.8. The average Bonchev–Trinajstić information content (AvgIpc) is 2.60. The maximum Gasteiger partial charge on any atom is 0.310 e. The van der Waals surface area contributed by atoms with Gasteiger partial charge in [0.2, 0.25) is 0 Å². The second-order valence-electron chi connectivity index (χ2n) is 5.75. The van der Waals surface area contributed by atoms with Gasteiger partial charge in [-0.25, -0.2) is 0 Å². The molecule has 0 saturated carbocycles. The zero-order chi connectivity index (χ0) is 19.1. The van der Waals surface area contributed by atoms with E-state index in [9.17, 15) is 14.9 Å². The summed E-state index contributed by atoms with van der Waals surface area (Å²) in [7, 11) is 0. The van der Waals surface area contributed by atoms with Crippen LogP contribution in [0.5, 0.6) is 11.5 Å². The molecule has 1 N–H and O–H groups in total. The lowest BCUT2D eigenvalue weighted by molar-refractivity contribution is -0.386. The third-order valence-electron chi connectivity index (χ3n) is 3.32. The molecule has 1 unspecified atom stereocenters. The first-order valence-corrected chi connectivity index (χ1v) is 7.95. The number of hydrogen-bond donors (Lipinski definition) is 1. The summed E-state index contributed by atoms with van der Waals surface area (Å²) < 4.78 is 11.0. The Kier molecular flexibility index (Phi) is 6.32. The highest BCUT2D eigenvalue weighted by atomic mass is 16.6. The lowest BCUT2D eigenvalue weighted by atomic mass is 10.2. The van der Waals surface area contributed by atoms with Gasteiger partial charge in [-0.1, -0.05) is 24.8 Å². The molecule has 0 aromatic heterocycles. The molecule has 2 aromatic carbocycles. The van der Waals surface area contributed by atoms with Crippen molar-refractivity contribution < 1.29 is 19.2 Å². The third-order valence-corrected chi connectivity index (χ3v) is 3.32. The highest BCUT2D eigenvalue weighted by molar-refractivity contribution is 5.94. The normalized spacial score (nSPS) is 11.3. The van der Waals surface area contributed by atoms with Gasteiger partial charge in [-0.3, -0.25) is 14.9 Å². The number of carbonyl (C=O) groups is 1. The zero-order valence-corrected chi connectivity index (χ0v) is 14.6. The van der Waals surface area contributed by atoms with Crippen LogP contribution in [0.2, 0.25) is 0 Å². The predicted octanol–water partition coefficient (Wildman–Crippen LogP) is 3.96. The molecule has 2 rings (SSSR count). The molecule has 0 aliphatic carbocycles. The quantitative estimate of drug-likeness (QED) is 0.439. The minimum Gasteiger partial charge on any atom is -0.489 e. The predicted molar refractivity (Wildman–Crippen MR) is 98.6 cm³/mol. The molecule has 2 aromatic rings. The Hall–Kier alpha value is -3.35. The Bertz CT molecular complexity index is 819. The molecule has 0 saturated heterocycles. The van der Waals surface area contributed by atoms with Gasteiger partial charge in [0.15, 0.2) is 11.9 Å². The Labute approximate surface area is 151 Å². The summed E-state index contributed by atoms with van der Waals surface area (Å²) in [6.45, 7) is 7.52. The van der Waals surface area contributed by atoms with E-state index in [2.05, 4.69) is 11.9 Å². The second kappa shape index (κ2) is 8.66. The number of rotatable bonds is 8. The molecular formula is C19H20N2O5. The largest absolute Gasteiger partial charge is 0.489 e. The SMILES string of the molecule is C=C(C)COc1cccc(NC(=O)C(C)Oc2ccccc2[N+](=O)[O-])c1. The van der Waals surface area contributed by atoms with Crippen molar-refractivity contribution in [2.24, 2.45) is 0 Å². The van der Waals surface area contributed by atoms with Gasteiger partial charge < -0.3 is 14.8 Å². The van der Waals surface area contributed by atoms with Crippen molar-refractivity contribution in [2.45, 2.75) is 20.0 Å². The topological polar surface area (TPSA) is 90.7 Å². The first kappa shape index (κ1) is 19.0. The van der Waals surface area contributed by atoms with Crippen LogP contribution in [0.3, 0.4) is 0 Å². The highest BCUT2D eigenvalue weighted by Gasteiger charge is 2.20. The van der Waals surface area contributed by atoms with Gasteiger partial charge in [0.25, 0.3) is 5.91 Å². The summed E-state index contributed by atoms with van der Waals surface area (Å²) in [6.07, 6.45) is -0.920. The van der Waals surface area contributed by atoms with E-state index in [0.717, 1.165) is 5.57 Å². The maximum absolute atomic E-state index is 12.3. The molecule has 1 amide bonds. The van der Waals surface area contributed by atoms with Crippen molar-refractivity contribution >= 4 is 17.3 Å². The van der Waals surface area contributed by atoms with Crippen molar-refractivity contribution in [3.8, 4) is 11.5 Å². The molecule has 26 heavy (non-hydrogen) atoms. The molecule has 0 radical (unpaired) electrons. The van der Waals surface area contributed by atoms with E-state index in [1.165, 1.54) is 25.1 Å². The number of benzene rings is 2. The Morgan fingerprint density at radius 1 is 1.27 bits per heavy atom. The van der Waals surface area contributed by atoms with E-state index in [-0.39, 0.29) is 11.4 Å². The molecule has 0 spiro atoms. The van der Waals surface area contributed by atoms with Crippen molar-refractivity contribution in [3.63, 3.8) is 0 Å². The number of nitrogens with zero attached hydrogens (tertiary/aromatic N) is 1. The molecule has 7 nitrogen and oxygen atoms in total. The zero-order valence-electron chi connectivity index (χ0n) is 14.6. The minimum absolute atomic E-state index is 0.0405. The first-order chi connectivity index (χ1) is 12.4. The van der Waals surface area contributed by atoms with E-state index in [1.54, 1.807) is 30.3 Å². The summed E-state index contributed by atoms with van der Waals surface area (Å²) in [5.74, 6) is 0.206. The van der Waals surface area contributed by atoms with Gasteiger partial charge in [0.1, 0.15) is 12.4 Å². The van der Waals surface area contributed by atoms with Crippen LogP contribution in [0.15, 0.2) is 60.7 Å². The van der Waals surface area contributed by atoms with Gasteiger partial charge >= 0.3 is 5.69 Å². The van der Waals surface area contributed by atoms with Crippen LogP contribution in [0, 0.1) is 10.1 Å².